The van der Waals surface area contributed by atoms with Gasteiger partial charge in [-0.25, -0.2) is 4.68 Å². The Labute approximate surface area is 90.3 Å². The van der Waals surface area contributed by atoms with Crippen LogP contribution in [0.4, 0.5) is 0 Å². The first-order valence-corrected chi connectivity index (χ1v) is 5.42. The van der Waals surface area contributed by atoms with E-state index in [0.717, 1.165) is 24.2 Å². The first kappa shape index (κ1) is 12.1. The molecular formula is C10H20N4O. The van der Waals surface area contributed by atoms with Gasteiger partial charge in [-0.3, -0.25) is 0 Å². The fourth-order valence-corrected chi connectivity index (χ4v) is 1.53. The van der Waals surface area contributed by atoms with Crippen molar-refractivity contribution in [2.24, 2.45) is 5.73 Å². The summed E-state index contributed by atoms with van der Waals surface area (Å²) in [6, 6.07) is -0.0562. The largest absolute Gasteiger partial charge is 0.391 e. The van der Waals surface area contributed by atoms with Crippen molar-refractivity contribution in [3.63, 3.8) is 0 Å². The van der Waals surface area contributed by atoms with Gasteiger partial charge in [0.1, 0.15) is 0 Å². The van der Waals surface area contributed by atoms with Crippen LogP contribution in [0.2, 0.25) is 0 Å². The molecule has 0 fully saturated rings. The number of aliphatic hydroxyl groups is 1. The van der Waals surface area contributed by atoms with E-state index in [1.165, 1.54) is 0 Å². The standard InChI is InChI=1S/C10H20N4O/c1-4-5-10-9(6-11)12-13-14(10)7(2)8(3)15/h7-8,15H,4-6,11H2,1-3H3. The highest BCUT2D eigenvalue weighted by atomic mass is 16.3. The molecule has 0 radical (unpaired) electrons. The lowest BCUT2D eigenvalue weighted by Crippen LogP contribution is -2.21. The lowest BCUT2D eigenvalue weighted by Gasteiger charge is -2.17. The fourth-order valence-electron chi connectivity index (χ4n) is 1.53. The van der Waals surface area contributed by atoms with E-state index < -0.39 is 6.10 Å². The lowest BCUT2D eigenvalue weighted by atomic mass is 10.1. The third-order valence-electron chi connectivity index (χ3n) is 2.64. The molecule has 0 saturated carbocycles. The Bertz CT molecular complexity index is 308. The van der Waals surface area contributed by atoms with Gasteiger partial charge in [0.2, 0.25) is 0 Å². The van der Waals surface area contributed by atoms with E-state index in [1.807, 2.05) is 6.92 Å². The second-order valence-electron chi connectivity index (χ2n) is 3.86. The van der Waals surface area contributed by atoms with Crippen LogP contribution < -0.4 is 5.73 Å². The Morgan fingerprint density at radius 3 is 2.60 bits per heavy atom. The molecule has 5 nitrogen and oxygen atoms in total. The molecule has 0 spiro atoms. The van der Waals surface area contributed by atoms with E-state index >= 15 is 0 Å². The third-order valence-corrected chi connectivity index (χ3v) is 2.64. The predicted molar refractivity (Wildman–Crippen MR) is 58.3 cm³/mol. The molecule has 0 aliphatic rings. The zero-order valence-corrected chi connectivity index (χ0v) is 9.64. The summed E-state index contributed by atoms with van der Waals surface area (Å²) in [5.41, 5.74) is 7.48. The van der Waals surface area contributed by atoms with E-state index in [0.29, 0.717) is 6.54 Å². The molecule has 15 heavy (non-hydrogen) atoms. The van der Waals surface area contributed by atoms with E-state index in [9.17, 15) is 5.11 Å². The fraction of sp³-hybridized carbons (Fsp3) is 0.800. The van der Waals surface area contributed by atoms with Crippen LogP contribution in [0.3, 0.4) is 0 Å². The van der Waals surface area contributed by atoms with Gasteiger partial charge in [0.15, 0.2) is 0 Å². The lowest BCUT2D eigenvalue weighted by molar-refractivity contribution is 0.129. The zero-order chi connectivity index (χ0) is 11.4. The molecule has 1 aromatic heterocycles. The minimum atomic E-state index is -0.437. The van der Waals surface area contributed by atoms with Crippen molar-refractivity contribution in [2.75, 3.05) is 0 Å². The first-order chi connectivity index (χ1) is 7.11. The van der Waals surface area contributed by atoms with Crippen molar-refractivity contribution in [2.45, 2.75) is 52.3 Å². The molecule has 3 N–H and O–H groups in total. The second kappa shape index (κ2) is 5.23. The molecule has 0 aromatic carbocycles. The summed E-state index contributed by atoms with van der Waals surface area (Å²) in [6.07, 6.45) is 1.48. The molecule has 0 amide bonds. The average Bonchev–Trinajstić information content (AvgIpc) is 2.60. The maximum atomic E-state index is 9.53. The first-order valence-electron chi connectivity index (χ1n) is 5.42. The summed E-state index contributed by atoms with van der Waals surface area (Å²) < 4.78 is 1.79. The summed E-state index contributed by atoms with van der Waals surface area (Å²) in [6.45, 7) is 6.19. The summed E-state index contributed by atoms with van der Waals surface area (Å²) in [5.74, 6) is 0. The van der Waals surface area contributed by atoms with Gasteiger partial charge in [-0.05, 0) is 20.3 Å². The van der Waals surface area contributed by atoms with Gasteiger partial charge in [0.25, 0.3) is 0 Å². The van der Waals surface area contributed by atoms with Gasteiger partial charge < -0.3 is 10.8 Å². The van der Waals surface area contributed by atoms with Crippen molar-refractivity contribution >= 4 is 0 Å². The third kappa shape index (κ3) is 2.54. The molecule has 2 atom stereocenters. The molecule has 2 unspecified atom stereocenters. The molecule has 86 valence electrons. The minimum absolute atomic E-state index is 0.0562. The maximum absolute atomic E-state index is 9.53. The zero-order valence-electron chi connectivity index (χ0n) is 9.64. The minimum Gasteiger partial charge on any atom is -0.391 e. The summed E-state index contributed by atoms with van der Waals surface area (Å²) in [4.78, 5) is 0. The Kier molecular flexibility index (Phi) is 4.23. The van der Waals surface area contributed by atoms with Gasteiger partial charge in [0, 0.05) is 6.54 Å². The van der Waals surface area contributed by atoms with E-state index in [2.05, 4.69) is 17.2 Å². The average molecular weight is 212 g/mol. The van der Waals surface area contributed by atoms with Crippen molar-refractivity contribution in [3.8, 4) is 0 Å². The van der Waals surface area contributed by atoms with Crippen LogP contribution >= 0.6 is 0 Å². The van der Waals surface area contributed by atoms with E-state index in [4.69, 9.17) is 5.73 Å². The van der Waals surface area contributed by atoms with Crippen LogP contribution in [0.15, 0.2) is 0 Å². The molecule has 0 bridgehead atoms. The predicted octanol–water partition coefficient (Wildman–Crippen LogP) is 0.631. The molecule has 1 aromatic rings. The Morgan fingerprint density at radius 2 is 2.13 bits per heavy atom. The maximum Gasteiger partial charge on any atom is 0.0994 e. The highest BCUT2D eigenvalue weighted by molar-refractivity contribution is 5.11. The SMILES string of the molecule is CCCc1c(CN)nnn1C(C)C(C)O. The van der Waals surface area contributed by atoms with Crippen molar-refractivity contribution in [1.29, 1.82) is 0 Å². The van der Waals surface area contributed by atoms with Gasteiger partial charge in [-0.15, -0.1) is 5.10 Å². The second-order valence-corrected chi connectivity index (χ2v) is 3.86. The summed E-state index contributed by atoms with van der Waals surface area (Å²) in [7, 11) is 0. The molecular weight excluding hydrogens is 192 g/mol. The Hall–Kier alpha value is -0.940. The van der Waals surface area contributed by atoms with Crippen LogP contribution in [0.5, 0.6) is 0 Å². The number of nitrogens with two attached hydrogens (primary N) is 1. The Morgan fingerprint density at radius 1 is 1.47 bits per heavy atom. The number of hydrogen-bond donors (Lipinski definition) is 2. The number of rotatable bonds is 5. The molecule has 0 saturated heterocycles. The normalized spacial score (nSPS) is 15.3. The molecule has 0 aliphatic heterocycles. The topological polar surface area (TPSA) is 77.0 Å². The van der Waals surface area contributed by atoms with Gasteiger partial charge in [-0.1, -0.05) is 18.6 Å². The van der Waals surface area contributed by atoms with Crippen LogP contribution in [-0.4, -0.2) is 26.2 Å². The quantitative estimate of drug-likeness (QED) is 0.750. The Balaban J connectivity index is 3.01. The van der Waals surface area contributed by atoms with Crippen molar-refractivity contribution < 1.29 is 5.11 Å². The van der Waals surface area contributed by atoms with E-state index in [-0.39, 0.29) is 6.04 Å². The van der Waals surface area contributed by atoms with Crippen molar-refractivity contribution in [3.05, 3.63) is 11.4 Å². The summed E-state index contributed by atoms with van der Waals surface area (Å²) >= 11 is 0. The van der Waals surface area contributed by atoms with Crippen molar-refractivity contribution in [1.82, 2.24) is 15.0 Å². The number of hydrogen-bond acceptors (Lipinski definition) is 4. The monoisotopic (exact) mass is 212 g/mol. The van der Waals surface area contributed by atoms with Crippen LogP contribution in [0.25, 0.3) is 0 Å². The summed E-state index contributed by atoms with van der Waals surface area (Å²) in [5, 5.41) is 17.6. The molecule has 1 heterocycles. The highest BCUT2D eigenvalue weighted by Gasteiger charge is 2.18. The van der Waals surface area contributed by atoms with E-state index in [1.54, 1.807) is 11.6 Å². The molecule has 5 heteroatoms. The smallest absolute Gasteiger partial charge is 0.0994 e. The van der Waals surface area contributed by atoms with Crippen LogP contribution in [-0.2, 0) is 13.0 Å². The highest BCUT2D eigenvalue weighted by Crippen LogP contribution is 2.16. The number of nitrogens with zero attached hydrogens (tertiary/aromatic N) is 3. The van der Waals surface area contributed by atoms with Gasteiger partial charge >= 0.3 is 0 Å². The van der Waals surface area contributed by atoms with Crippen LogP contribution in [0.1, 0.15) is 44.6 Å². The number of aliphatic hydroxyl groups excluding tert-OH is 1. The number of aromatic nitrogens is 3. The van der Waals surface area contributed by atoms with Crippen LogP contribution in [0, 0.1) is 0 Å². The molecule has 0 aliphatic carbocycles. The van der Waals surface area contributed by atoms with Gasteiger partial charge in [-0.2, -0.15) is 0 Å². The van der Waals surface area contributed by atoms with Gasteiger partial charge in [0.05, 0.1) is 23.5 Å². The molecule has 1 rings (SSSR count).